The van der Waals surface area contributed by atoms with Crippen molar-refractivity contribution in [3.8, 4) is 0 Å². The van der Waals surface area contributed by atoms with E-state index in [0.717, 1.165) is 30.4 Å². The number of allylic oxidation sites excluding steroid dienone is 5. The highest BCUT2D eigenvalue weighted by Crippen LogP contribution is 2.29. The Balaban J connectivity index is 2.03. The molecule has 2 heterocycles. The van der Waals surface area contributed by atoms with Crippen molar-refractivity contribution in [2.75, 3.05) is 25.1 Å². The lowest BCUT2D eigenvalue weighted by Gasteiger charge is -2.28. The zero-order valence-corrected chi connectivity index (χ0v) is 25.0. The number of anilines is 1. The minimum absolute atomic E-state index is 0.136. The van der Waals surface area contributed by atoms with Gasteiger partial charge in [0.05, 0.1) is 6.61 Å². The number of nitrogens with one attached hydrogen (secondary N) is 1. The number of rotatable bonds is 14. The van der Waals surface area contributed by atoms with Gasteiger partial charge in [-0.25, -0.2) is 9.37 Å². The standard InChI is InChI=1S/C31H40ClFN4O4/c1-21(2)26(15-10-23(5)32)30-35-29(34-20-38)28(37(30)19-24-11-13-25(33)14-12-24)31(39)36(22(3)4)16-8-18-41-27-9-6-7-17-40-27/h10-15,20,22,27H,5-9,16-19H2,1-4H3,(H,34,38)/b15-10-. The van der Waals surface area contributed by atoms with Crippen LogP contribution in [0.1, 0.15) is 75.3 Å². The fourth-order valence-electron chi connectivity index (χ4n) is 4.62. The molecule has 1 aliphatic rings. The van der Waals surface area contributed by atoms with Gasteiger partial charge in [0.2, 0.25) is 6.41 Å². The molecule has 1 aromatic heterocycles. The molecule has 10 heteroatoms. The molecule has 2 aromatic rings. The van der Waals surface area contributed by atoms with Gasteiger partial charge in [0, 0.05) is 36.3 Å². The Bertz CT molecular complexity index is 1260. The van der Waals surface area contributed by atoms with Crippen LogP contribution in [0.4, 0.5) is 10.2 Å². The zero-order valence-electron chi connectivity index (χ0n) is 24.3. The summed E-state index contributed by atoms with van der Waals surface area (Å²) < 4.78 is 27.0. The molecule has 2 amide bonds. The Hall–Kier alpha value is -3.27. The number of ether oxygens (including phenoxy) is 2. The summed E-state index contributed by atoms with van der Waals surface area (Å²) in [6.07, 6.45) is 7.33. The molecule has 1 unspecified atom stereocenters. The molecule has 1 N–H and O–H groups in total. The third-order valence-electron chi connectivity index (χ3n) is 6.70. The maximum absolute atomic E-state index is 14.2. The second-order valence-electron chi connectivity index (χ2n) is 10.4. The molecular formula is C31H40ClFN4O4. The van der Waals surface area contributed by atoms with Gasteiger partial charge in [0.15, 0.2) is 17.8 Å². The third kappa shape index (κ3) is 9.11. The van der Waals surface area contributed by atoms with Crippen molar-refractivity contribution in [1.82, 2.24) is 14.5 Å². The Morgan fingerprint density at radius 1 is 1.29 bits per heavy atom. The molecule has 1 aliphatic heterocycles. The molecule has 41 heavy (non-hydrogen) atoms. The van der Waals surface area contributed by atoms with E-state index >= 15 is 0 Å². The Morgan fingerprint density at radius 3 is 2.61 bits per heavy atom. The lowest BCUT2D eigenvalue weighted by atomic mass is 10.1. The first kappa shape index (κ1) is 32.2. The summed E-state index contributed by atoms with van der Waals surface area (Å²) >= 11 is 6.02. The van der Waals surface area contributed by atoms with Crippen LogP contribution in [0.15, 0.2) is 53.6 Å². The molecular weight excluding hydrogens is 547 g/mol. The van der Waals surface area contributed by atoms with Crippen LogP contribution in [0.2, 0.25) is 0 Å². The maximum Gasteiger partial charge on any atom is 0.274 e. The molecule has 3 rings (SSSR count). The summed E-state index contributed by atoms with van der Waals surface area (Å²) in [4.78, 5) is 32.3. The van der Waals surface area contributed by atoms with Crippen molar-refractivity contribution in [3.63, 3.8) is 0 Å². The molecule has 8 nitrogen and oxygen atoms in total. The number of carbonyl (C=O) groups is 2. The number of hydrogen-bond acceptors (Lipinski definition) is 5. The minimum atomic E-state index is -0.361. The molecule has 1 fully saturated rings. The number of benzene rings is 1. The SMILES string of the molecule is C=C(Cl)/C=C\C(=C(C)C)c1nc(NC=O)c(C(=O)N(CCCOC2CCCCO2)C(C)C)n1Cc1ccc(F)cc1. The molecule has 1 saturated heterocycles. The topological polar surface area (TPSA) is 85.7 Å². The van der Waals surface area contributed by atoms with E-state index in [4.69, 9.17) is 26.1 Å². The van der Waals surface area contributed by atoms with Gasteiger partial charge in [-0.15, -0.1) is 0 Å². The summed E-state index contributed by atoms with van der Waals surface area (Å²) in [6, 6.07) is 5.91. The average Bonchev–Trinajstić information content (AvgIpc) is 3.27. The number of amides is 2. The van der Waals surface area contributed by atoms with E-state index in [2.05, 4.69) is 11.9 Å². The number of aromatic nitrogens is 2. The maximum atomic E-state index is 14.2. The van der Waals surface area contributed by atoms with Gasteiger partial charge in [0.1, 0.15) is 11.6 Å². The average molecular weight is 587 g/mol. The summed E-state index contributed by atoms with van der Waals surface area (Å²) in [6.45, 7) is 13.2. The largest absolute Gasteiger partial charge is 0.353 e. The van der Waals surface area contributed by atoms with E-state index in [-0.39, 0.29) is 42.1 Å². The third-order valence-corrected chi connectivity index (χ3v) is 6.83. The van der Waals surface area contributed by atoms with Crippen LogP contribution in [0.25, 0.3) is 5.57 Å². The summed E-state index contributed by atoms with van der Waals surface area (Å²) in [5.74, 6) is -0.0632. The number of carbonyl (C=O) groups excluding carboxylic acids is 2. The molecule has 222 valence electrons. The van der Waals surface area contributed by atoms with Crippen molar-refractivity contribution >= 4 is 35.3 Å². The molecule has 0 bridgehead atoms. The minimum Gasteiger partial charge on any atom is -0.353 e. The monoisotopic (exact) mass is 586 g/mol. The fourth-order valence-corrected chi connectivity index (χ4v) is 4.68. The second-order valence-corrected chi connectivity index (χ2v) is 10.9. The summed E-state index contributed by atoms with van der Waals surface area (Å²) in [5.41, 5.74) is 2.59. The molecule has 0 radical (unpaired) electrons. The van der Waals surface area contributed by atoms with Crippen LogP contribution in [0.3, 0.4) is 0 Å². The highest BCUT2D eigenvalue weighted by Gasteiger charge is 2.30. The first-order valence-electron chi connectivity index (χ1n) is 13.9. The number of imidazole rings is 1. The van der Waals surface area contributed by atoms with Crippen LogP contribution >= 0.6 is 11.6 Å². The Labute approximate surface area is 246 Å². The summed E-state index contributed by atoms with van der Waals surface area (Å²) in [5, 5.41) is 2.95. The van der Waals surface area contributed by atoms with E-state index < -0.39 is 0 Å². The highest BCUT2D eigenvalue weighted by atomic mass is 35.5. The van der Waals surface area contributed by atoms with E-state index in [1.165, 1.54) is 12.1 Å². The fraction of sp³-hybridized carbons (Fsp3) is 0.452. The van der Waals surface area contributed by atoms with Crippen LogP contribution in [0, 0.1) is 5.82 Å². The van der Waals surface area contributed by atoms with E-state index in [9.17, 15) is 14.0 Å². The summed E-state index contributed by atoms with van der Waals surface area (Å²) in [7, 11) is 0. The van der Waals surface area contributed by atoms with Gasteiger partial charge in [-0.2, -0.15) is 0 Å². The van der Waals surface area contributed by atoms with Crippen molar-refractivity contribution in [3.05, 3.63) is 76.5 Å². The predicted octanol–water partition coefficient (Wildman–Crippen LogP) is 6.52. The van der Waals surface area contributed by atoms with Crippen LogP contribution in [-0.2, 0) is 20.8 Å². The lowest BCUT2D eigenvalue weighted by Crippen LogP contribution is -2.39. The van der Waals surface area contributed by atoms with Crippen molar-refractivity contribution in [2.24, 2.45) is 0 Å². The lowest BCUT2D eigenvalue weighted by molar-refractivity contribution is -0.163. The second kappa shape index (κ2) is 15.7. The van der Waals surface area contributed by atoms with Crippen molar-refractivity contribution in [2.45, 2.75) is 72.3 Å². The molecule has 0 spiro atoms. The van der Waals surface area contributed by atoms with Gasteiger partial charge in [0.25, 0.3) is 5.91 Å². The molecule has 1 aromatic carbocycles. The van der Waals surface area contributed by atoms with Gasteiger partial charge in [-0.1, -0.05) is 35.9 Å². The van der Waals surface area contributed by atoms with Gasteiger partial charge in [-0.3, -0.25) is 9.59 Å². The highest BCUT2D eigenvalue weighted by molar-refractivity contribution is 6.30. The Kier molecular flexibility index (Phi) is 12.3. The van der Waals surface area contributed by atoms with Gasteiger partial charge < -0.3 is 24.3 Å². The first-order valence-corrected chi connectivity index (χ1v) is 14.3. The Morgan fingerprint density at radius 2 is 2.02 bits per heavy atom. The van der Waals surface area contributed by atoms with Gasteiger partial charge in [-0.05, 0) is 83.2 Å². The van der Waals surface area contributed by atoms with E-state index in [1.54, 1.807) is 33.8 Å². The smallest absolute Gasteiger partial charge is 0.274 e. The zero-order chi connectivity index (χ0) is 29.9. The molecule has 0 aliphatic carbocycles. The number of halogens is 2. The van der Waals surface area contributed by atoms with Crippen LogP contribution in [0.5, 0.6) is 0 Å². The normalized spacial score (nSPS) is 15.2. The van der Waals surface area contributed by atoms with Crippen molar-refractivity contribution in [1.29, 1.82) is 0 Å². The number of hydrogen-bond donors (Lipinski definition) is 1. The van der Waals surface area contributed by atoms with Crippen LogP contribution in [-0.4, -0.2) is 58.9 Å². The van der Waals surface area contributed by atoms with Crippen LogP contribution < -0.4 is 5.32 Å². The van der Waals surface area contributed by atoms with Crippen molar-refractivity contribution < 1.29 is 23.5 Å². The quantitative estimate of drug-likeness (QED) is 0.155. The molecule has 1 atom stereocenters. The van der Waals surface area contributed by atoms with E-state index in [0.29, 0.717) is 49.0 Å². The van der Waals surface area contributed by atoms with Gasteiger partial charge >= 0.3 is 0 Å². The number of nitrogens with zero attached hydrogens (tertiary/aromatic N) is 3. The molecule has 0 saturated carbocycles. The predicted molar refractivity (Wildman–Crippen MR) is 160 cm³/mol. The first-order chi connectivity index (χ1) is 19.6. The van der Waals surface area contributed by atoms with E-state index in [1.807, 2.05) is 27.7 Å².